The van der Waals surface area contributed by atoms with E-state index in [9.17, 15) is 0 Å². The highest BCUT2D eigenvalue weighted by Gasteiger charge is 2.12. The maximum atomic E-state index is 4.48. The quantitative estimate of drug-likeness (QED) is 0.842. The van der Waals surface area contributed by atoms with Crippen LogP contribution in [0.3, 0.4) is 0 Å². The number of thioether (sulfide) groups is 1. The Balaban J connectivity index is 2.17. The summed E-state index contributed by atoms with van der Waals surface area (Å²) in [7, 11) is 2.01. The van der Waals surface area contributed by atoms with Crippen LogP contribution in [0.25, 0.3) is 0 Å². The summed E-state index contributed by atoms with van der Waals surface area (Å²) in [5.74, 6) is 0. The van der Waals surface area contributed by atoms with Gasteiger partial charge in [0.1, 0.15) is 0 Å². The highest BCUT2D eigenvalue weighted by atomic mass is 32.2. The van der Waals surface area contributed by atoms with Crippen molar-refractivity contribution in [2.75, 3.05) is 13.3 Å². The number of benzene rings is 1. The number of nitrogens with zero attached hydrogens (tertiary/aromatic N) is 1. The molecular weight excluding hydrogens is 252 g/mol. The van der Waals surface area contributed by atoms with Crippen LogP contribution in [0.4, 0.5) is 0 Å². The Morgan fingerprint density at radius 2 is 1.95 bits per heavy atom. The maximum absolute atomic E-state index is 4.48. The summed E-state index contributed by atoms with van der Waals surface area (Å²) in [4.78, 5) is 5.78. The highest BCUT2D eigenvalue weighted by Crippen LogP contribution is 2.22. The highest BCUT2D eigenvalue weighted by molar-refractivity contribution is 7.98. The van der Waals surface area contributed by atoms with E-state index < -0.39 is 0 Å². The van der Waals surface area contributed by atoms with Crippen LogP contribution in [-0.4, -0.2) is 18.3 Å². The smallest absolute Gasteiger partial charge is 0.0451 e. The van der Waals surface area contributed by atoms with Gasteiger partial charge >= 0.3 is 0 Å². The fraction of sp³-hybridized carbons (Fsp3) is 0.312. The first-order valence-electron chi connectivity index (χ1n) is 6.46. The Bertz CT molecular complexity index is 523. The summed E-state index contributed by atoms with van der Waals surface area (Å²) in [6, 6.07) is 13.2. The van der Waals surface area contributed by atoms with Crippen molar-refractivity contribution in [3.63, 3.8) is 0 Å². The van der Waals surface area contributed by atoms with Crippen molar-refractivity contribution in [2.24, 2.45) is 0 Å². The van der Waals surface area contributed by atoms with Crippen molar-refractivity contribution in [1.82, 2.24) is 10.3 Å². The van der Waals surface area contributed by atoms with Gasteiger partial charge in [-0.3, -0.25) is 4.98 Å². The van der Waals surface area contributed by atoms with Gasteiger partial charge in [0.15, 0.2) is 0 Å². The topological polar surface area (TPSA) is 24.9 Å². The molecule has 1 unspecified atom stereocenters. The number of nitrogens with one attached hydrogen (secondary N) is 1. The van der Waals surface area contributed by atoms with E-state index in [0.29, 0.717) is 6.04 Å². The Hall–Kier alpha value is -1.32. The first kappa shape index (κ1) is 14.1. The summed E-state index contributed by atoms with van der Waals surface area (Å²) in [5.41, 5.74) is 3.73. The second-order valence-corrected chi connectivity index (χ2v) is 5.47. The monoisotopic (exact) mass is 272 g/mol. The van der Waals surface area contributed by atoms with E-state index in [2.05, 4.69) is 53.8 Å². The van der Waals surface area contributed by atoms with Crippen LogP contribution < -0.4 is 5.32 Å². The van der Waals surface area contributed by atoms with Gasteiger partial charge in [-0.2, -0.15) is 0 Å². The van der Waals surface area contributed by atoms with Crippen LogP contribution in [0.5, 0.6) is 0 Å². The van der Waals surface area contributed by atoms with Crippen molar-refractivity contribution in [3.05, 3.63) is 59.4 Å². The van der Waals surface area contributed by atoms with Gasteiger partial charge in [0, 0.05) is 29.2 Å². The average Bonchev–Trinajstić information content (AvgIpc) is 2.47. The third kappa shape index (κ3) is 3.58. The van der Waals surface area contributed by atoms with Crippen LogP contribution in [-0.2, 0) is 6.42 Å². The van der Waals surface area contributed by atoms with Crippen LogP contribution in [0.1, 0.15) is 22.9 Å². The Morgan fingerprint density at radius 1 is 1.21 bits per heavy atom. The van der Waals surface area contributed by atoms with E-state index in [4.69, 9.17) is 0 Å². The summed E-state index contributed by atoms with van der Waals surface area (Å²) in [6.07, 6.45) is 4.88. The average molecular weight is 272 g/mol. The second kappa shape index (κ2) is 6.73. The lowest BCUT2D eigenvalue weighted by Gasteiger charge is -2.17. The third-order valence-electron chi connectivity index (χ3n) is 3.38. The molecule has 2 rings (SSSR count). The molecule has 1 aromatic carbocycles. The Kier molecular flexibility index (Phi) is 5.00. The molecule has 0 aliphatic carbocycles. The summed E-state index contributed by atoms with van der Waals surface area (Å²) in [6.45, 7) is 2.12. The second-order valence-electron chi connectivity index (χ2n) is 4.59. The Morgan fingerprint density at radius 3 is 2.53 bits per heavy atom. The van der Waals surface area contributed by atoms with Gasteiger partial charge in [-0.1, -0.05) is 18.2 Å². The zero-order valence-electron chi connectivity index (χ0n) is 11.7. The van der Waals surface area contributed by atoms with E-state index >= 15 is 0 Å². The lowest BCUT2D eigenvalue weighted by Crippen LogP contribution is -2.19. The first-order chi connectivity index (χ1) is 9.24. The molecule has 0 saturated carbocycles. The van der Waals surface area contributed by atoms with Gasteiger partial charge in [-0.15, -0.1) is 11.8 Å². The zero-order chi connectivity index (χ0) is 13.7. The number of aryl methyl sites for hydroxylation is 1. The first-order valence-corrected chi connectivity index (χ1v) is 7.68. The molecule has 3 heteroatoms. The maximum Gasteiger partial charge on any atom is 0.0451 e. The number of likely N-dealkylation sites (N-methyl/N-ethyl adjacent to an activating group) is 1. The van der Waals surface area contributed by atoms with E-state index in [1.807, 2.05) is 19.3 Å². The van der Waals surface area contributed by atoms with E-state index in [0.717, 1.165) is 12.1 Å². The zero-order valence-corrected chi connectivity index (χ0v) is 12.5. The molecule has 0 saturated heterocycles. The fourth-order valence-electron chi connectivity index (χ4n) is 2.15. The van der Waals surface area contributed by atoms with Crippen molar-refractivity contribution in [3.8, 4) is 0 Å². The molecule has 2 aromatic rings. The number of pyridine rings is 1. The number of rotatable bonds is 5. The van der Waals surface area contributed by atoms with Gasteiger partial charge < -0.3 is 5.32 Å². The van der Waals surface area contributed by atoms with Gasteiger partial charge in [0.2, 0.25) is 0 Å². The van der Waals surface area contributed by atoms with Crippen LogP contribution in [0.15, 0.2) is 47.5 Å². The number of aromatic nitrogens is 1. The van der Waals surface area contributed by atoms with Gasteiger partial charge in [-0.25, -0.2) is 0 Å². The van der Waals surface area contributed by atoms with Crippen molar-refractivity contribution in [1.29, 1.82) is 0 Å². The molecule has 19 heavy (non-hydrogen) atoms. The molecule has 0 amide bonds. The van der Waals surface area contributed by atoms with Crippen LogP contribution in [0.2, 0.25) is 0 Å². The molecule has 1 heterocycles. The third-order valence-corrected chi connectivity index (χ3v) is 4.13. The van der Waals surface area contributed by atoms with Crippen LogP contribution >= 0.6 is 11.8 Å². The van der Waals surface area contributed by atoms with E-state index in [1.165, 1.54) is 16.0 Å². The summed E-state index contributed by atoms with van der Waals surface area (Å²) >= 11 is 1.77. The molecular formula is C16H20N2S. The van der Waals surface area contributed by atoms with Crippen molar-refractivity contribution >= 4 is 11.8 Å². The largest absolute Gasteiger partial charge is 0.313 e. The normalized spacial score (nSPS) is 12.4. The molecule has 0 aliphatic rings. The molecule has 0 fully saturated rings. The van der Waals surface area contributed by atoms with E-state index in [-0.39, 0.29) is 0 Å². The molecule has 1 N–H and O–H groups in total. The molecule has 1 aromatic heterocycles. The minimum atomic E-state index is 0.310. The molecule has 0 spiro atoms. The van der Waals surface area contributed by atoms with Crippen molar-refractivity contribution in [2.45, 2.75) is 24.3 Å². The lowest BCUT2D eigenvalue weighted by molar-refractivity contribution is 0.582. The summed E-state index contributed by atoms with van der Waals surface area (Å²) < 4.78 is 0. The minimum absolute atomic E-state index is 0.310. The number of hydrogen-bond donors (Lipinski definition) is 1. The SMILES string of the molecule is CNC(Cc1ncccc1C)c1ccc(SC)cc1. The predicted octanol–water partition coefficient (Wildman–Crippen LogP) is 3.62. The molecule has 1 atom stereocenters. The molecule has 0 radical (unpaired) electrons. The molecule has 100 valence electrons. The van der Waals surface area contributed by atoms with Gasteiger partial charge in [-0.05, 0) is 49.6 Å². The summed E-state index contributed by atoms with van der Waals surface area (Å²) in [5, 5.41) is 3.38. The van der Waals surface area contributed by atoms with Crippen molar-refractivity contribution < 1.29 is 0 Å². The van der Waals surface area contributed by atoms with Gasteiger partial charge in [0.05, 0.1) is 0 Å². The Labute approximate surface area is 119 Å². The predicted molar refractivity (Wildman–Crippen MR) is 82.7 cm³/mol. The standard InChI is InChI=1S/C16H20N2S/c1-12-5-4-10-18-15(12)11-16(17-2)13-6-8-14(19-3)9-7-13/h4-10,16-17H,11H2,1-3H3. The fourth-order valence-corrected chi connectivity index (χ4v) is 2.56. The minimum Gasteiger partial charge on any atom is -0.313 e. The molecule has 2 nitrogen and oxygen atoms in total. The number of hydrogen-bond acceptors (Lipinski definition) is 3. The van der Waals surface area contributed by atoms with Gasteiger partial charge in [0.25, 0.3) is 0 Å². The lowest BCUT2D eigenvalue weighted by atomic mass is 10.00. The molecule has 0 aliphatic heterocycles. The molecule has 0 bridgehead atoms. The van der Waals surface area contributed by atoms with E-state index in [1.54, 1.807) is 11.8 Å². The van der Waals surface area contributed by atoms with Crippen LogP contribution in [0, 0.1) is 6.92 Å².